The van der Waals surface area contributed by atoms with Gasteiger partial charge >= 0.3 is 0 Å². The molecule has 0 radical (unpaired) electrons. The Morgan fingerprint density at radius 1 is 1.39 bits per heavy atom. The van der Waals surface area contributed by atoms with Crippen LogP contribution in [0.2, 0.25) is 5.02 Å². The van der Waals surface area contributed by atoms with Gasteiger partial charge in [-0.25, -0.2) is 0 Å². The van der Waals surface area contributed by atoms with E-state index in [9.17, 15) is 0 Å². The highest BCUT2D eigenvalue weighted by Gasteiger charge is 2.11. The summed E-state index contributed by atoms with van der Waals surface area (Å²) in [5, 5.41) is 4.14. The molecule has 3 nitrogen and oxygen atoms in total. The number of aromatic nitrogens is 1. The van der Waals surface area contributed by atoms with Crippen LogP contribution in [0.1, 0.15) is 25.8 Å². The third kappa shape index (κ3) is 4.92. The van der Waals surface area contributed by atoms with Crippen LogP contribution in [0.4, 0.5) is 0 Å². The van der Waals surface area contributed by atoms with E-state index >= 15 is 0 Å². The zero-order chi connectivity index (χ0) is 13.4. The lowest BCUT2D eigenvalue weighted by Gasteiger charge is -2.22. The van der Waals surface area contributed by atoms with E-state index in [1.807, 2.05) is 13.1 Å². The highest BCUT2D eigenvalue weighted by atomic mass is 35.5. The lowest BCUT2D eigenvalue weighted by atomic mass is 10.0. The van der Waals surface area contributed by atoms with Crippen molar-refractivity contribution in [1.82, 2.24) is 15.2 Å². The molecule has 1 heterocycles. The SMILES string of the molecule is CCN(CC)CCC(Cc1ccncc1Cl)NC. The van der Waals surface area contributed by atoms with Crippen molar-refractivity contribution in [2.75, 3.05) is 26.7 Å². The molecule has 0 aliphatic carbocycles. The number of hydrogen-bond acceptors (Lipinski definition) is 3. The van der Waals surface area contributed by atoms with Crippen molar-refractivity contribution in [1.29, 1.82) is 0 Å². The molecule has 0 aliphatic rings. The number of nitrogens with one attached hydrogen (secondary N) is 1. The molecular weight excluding hydrogens is 246 g/mol. The zero-order valence-electron chi connectivity index (χ0n) is 11.6. The van der Waals surface area contributed by atoms with Gasteiger partial charge in [-0.3, -0.25) is 4.98 Å². The Balaban J connectivity index is 2.49. The fourth-order valence-corrected chi connectivity index (χ4v) is 2.26. The summed E-state index contributed by atoms with van der Waals surface area (Å²) in [6.45, 7) is 7.77. The third-order valence-corrected chi connectivity index (χ3v) is 3.76. The van der Waals surface area contributed by atoms with Gasteiger partial charge in [0, 0.05) is 18.4 Å². The van der Waals surface area contributed by atoms with Crippen molar-refractivity contribution < 1.29 is 0 Å². The van der Waals surface area contributed by atoms with E-state index < -0.39 is 0 Å². The summed E-state index contributed by atoms with van der Waals surface area (Å²) >= 11 is 6.14. The molecule has 1 aromatic rings. The first-order valence-corrected chi connectivity index (χ1v) is 7.07. The number of rotatable bonds is 8. The van der Waals surface area contributed by atoms with Crippen LogP contribution in [0.25, 0.3) is 0 Å². The Morgan fingerprint density at radius 3 is 2.67 bits per heavy atom. The van der Waals surface area contributed by atoms with E-state index in [1.165, 1.54) is 5.56 Å². The van der Waals surface area contributed by atoms with Gasteiger partial charge in [0.2, 0.25) is 0 Å². The highest BCUT2D eigenvalue weighted by molar-refractivity contribution is 6.31. The van der Waals surface area contributed by atoms with Crippen LogP contribution < -0.4 is 5.32 Å². The van der Waals surface area contributed by atoms with Crippen LogP contribution >= 0.6 is 11.6 Å². The Labute approximate surface area is 116 Å². The fourth-order valence-electron chi connectivity index (χ4n) is 2.06. The smallest absolute Gasteiger partial charge is 0.0621 e. The van der Waals surface area contributed by atoms with Crippen LogP contribution in [-0.4, -0.2) is 42.6 Å². The molecule has 1 rings (SSSR count). The average molecular weight is 270 g/mol. The highest BCUT2D eigenvalue weighted by Crippen LogP contribution is 2.16. The Bertz CT molecular complexity index is 340. The molecule has 0 bridgehead atoms. The zero-order valence-corrected chi connectivity index (χ0v) is 12.4. The van der Waals surface area contributed by atoms with E-state index in [-0.39, 0.29) is 0 Å². The van der Waals surface area contributed by atoms with Crippen LogP contribution in [0.5, 0.6) is 0 Å². The molecule has 1 atom stereocenters. The minimum atomic E-state index is 0.463. The lowest BCUT2D eigenvalue weighted by molar-refractivity contribution is 0.283. The van der Waals surface area contributed by atoms with E-state index in [4.69, 9.17) is 11.6 Å². The molecule has 18 heavy (non-hydrogen) atoms. The van der Waals surface area contributed by atoms with Gasteiger partial charge in [-0.1, -0.05) is 25.4 Å². The molecule has 1 aromatic heterocycles. The summed E-state index contributed by atoms with van der Waals surface area (Å²) in [4.78, 5) is 6.46. The second-order valence-electron chi connectivity index (χ2n) is 4.47. The number of pyridine rings is 1. The van der Waals surface area contributed by atoms with E-state index in [2.05, 4.69) is 29.0 Å². The van der Waals surface area contributed by atoms with Crippen LogP contribution in [0.3, 0.4) is 0 Å². The van der Waals surface area contributed by atoms with Gasteiger partial charge < -0.3 is 10.2 Å². The minimum Gasteiger partial charge on any atom is -0.317 e. The van der Waals surface area contributed by atoms with Crippen molar-refractivity contribution in [2.24, 2.45) is 0 Å². The van der Waals surface area contributed by atoms with Gasteiger partial charge in [0.15, 0.2) is 0 Å². The summed E-state index contributed by atoms with van der Waals surface area (Å²) in [6, 6.07) is 2.47. The number of nitrogens with zero attached hydrogens (tertiary/aromatic N) is 2. The molecule has 1 N–H and O–H groups in total. The monoisotopic (exact) mass is 269 g/mol. The summed E-state index contributed by atoms with van der Waals surface area (Å²) in [5.74, 6) is 0. The molecule has 0 saturated heterocycles. The Morgan fingerprint density at radius 2 is 2.11 bits per heavy atom. The molecule has 0 spiro atoms. The summed E-state index contributed by atoms with van der Waals surface area (Å²) in [6.07, 6.45) is 5.61. The standard InChI is InChI=1S/C14H24ClN3/c1-4-18(5-2)9-7-13(16-3)10-12-6-8-17-11-14(12)15/h6,8,11,13,16H,4-5,7,9-10H2,1-3H3. The summed E-state index contributed by atoms with van der Waals surface area (Å²) in [7, 11) is 2.02. The molecule has 0 amide bonds. The van der Waals surface area contributed by atoms with Crippen molar-refractivity contribution in [2.45, 2.75) is 32.7 Å². The maximum Gasteiger partial charge on any atom is 0.0621 e. The van der Waals surface area contributed by atoms with Crippen molar-refractivity contribution >= 4 is 11.6 Å². The van der Waals surface area contributed by atoms with E-state index in [0.717, 1.165) is 37.5 Å². The summed E-state index contributed by atoms with van der Waals surface area (Å²) in [5.41, 5.74) is 1.17. The van der Waals surface area contributed by atoms with Gasteiger partial charge in [0.25, 0.3) is 0 Å². The Hall–Kier alpha value is -0.640. The number of halogens is 1. The third-order valence-electron chi connectivity index (χ3n) is 3.42. The van der Waals surface area contributed by atoms with E-state index in [0.29, 0.717) is 6.04 Å². The van der Waals surface area contributed by atoms with Gasteiger partial charge in [-0.15, -0.1) is 0 Å². The first-order chi connectivity index (χ1) is 8.71. The topological polar surface area (TPSA) is 28.2 Å². The molecule has 0 saturated carbocycles. The maximum absolute atomic E-state index is 6.14. The quantitative estimate of drug-likeness (QED) is 0.786. The van der Waals surface area contributed by atoms with E-state index in [1.54, 1.807) is 12.4 Å². The van der Waals surface area contributed by atoms with Gasteiger partial charge in [-0.2, -0.15) is 0 Å². The maximum atomic E-state index is 6.14. The molecule has 0 aromatic carbocycles. The second kappa shape index (κ2) is 8.46. The molecule has 0 aliphatic heterocycles. The second-order valence-corrected chi connectivity index (χ2v) is 4.88. The minimum absolute atomic E-state index is 0.463. The normalized spacial score (nSPS) is 12.9. The van der Waals surface area contributed by atoms with Crippen LogP contribution in [0.15, 0.2) is 18.5 Å². The van der Waals surface area contributed by atoms with Crippen LogP contribution in [0, 0.1) is 0 Å². The predicted octanol–water partition coefficient (Wildman–Crippen LogP) is 2.60. The lowest BCUT2D eigenvalue weighted by Crippen LogP contribution is -2.34. The van der Waals surface area contributed by atoms with Gasteiger partial charge in [-0.05, 0) is 51.2 Å². The molecular formula is C14H24ClN3. The Kier molecular flexibility index (Phi) is 7.25. The molecule has 4 heteroatoms. The fraction of sp³-hybridized carbons (Fsp3) is 0.643. The molecule has 0 fully saturated rings. The molecule has 102 valence electrons. The molecule has 1 unspecified atom stereocenters. The van der Waals surface area contributed by atoms with Gasteiger partial charge in [0.05, 0.1) is 5.02 Å². The first-order valence-electron chi connectivity index (χ1n) is 6.69. The van der Waals surface area contributed by atoms with Crippen molar-refractivity contribution in [3.8, 4) is 0 Å². The first kappa shape index (κ1) is 15.4. The van der Waals surface area contributed by atoms with Gasteiger partial charge in [0.1, 0.15) is 0 Å². The number of hydrogen-bond donors (Lipinski definition) is 1. The largest absolute Gasteiger partial charge is 0.317 e. The summed E-state index contributed by atoms with van der Waals surface area (Å²) < 4.78 is 0. The van der Waals surface area contributed by atoms with Crippen LogP contribution in [-0.2, 0) is 6.42 Å². The van der Waals surface area contributed by atoms with Crippen molar-refractivity contribution in [3.63, 3.8) is 0 Å². The van der Waals surface area contributed by atoms with Crippen molar-refractivity contribution in [3.05, 3.63) is 29.0 Å². The number of likely N-dealkylation sites (N-methyl/N-ethyl adjacent to an activating group) is 1. The predicted molar refractivity (Wildman–Crippen MR) is 78.2 cm³/mol. The average Bonchev–Trinajstić information content (AvgIpc) is 2.40.